The third-order valence-electron chi connectivity index (χ3n) is 3.04. The first-order valence-corrected chi connectivity index (χ1v) is 6.59. The molecule has 0 bridgehead atoms. The van der Waals surface area contributed by atoms with Gasteiger partial charge in [0.1, 0.15) is 11.3 Å². The van der Waals surface area contributed by atoms with Crippen LogP contribution in [0.25, 0.3) is 11.0 Å². The van der Waals surface area contributed by atoms with E-state index in [2.05, 4.69) is 20.0 Å². The second-order valence-electron chi connectivity index (χ2n) is 4.93. The smallest absolute Gasteiger partial charge is 0.406 e. The lowest BCUT2D eigenvalue weighted by Crippen LogP contribution is -2.16. The first kappa shape index (κ1) is 15.1. The summed E-state index contributed by atoms with van der Waals surface area (Å²) in [5, 5.41) is 2.86. The summed E-state index contributed by atoms with van der Waals surface area (Å²) < 4.78 is 53.8. The molecule has 0 fully saturated rings. The number of benzene rings is 2. The first-order valence-electron chi connectivity index (χ1n) is 6.59. The number of hydrogen-bond acceptors (Lipinski definition) is 3. The average Bonchev–Trinajstić information content (AvgIpc) is 2.82. The molecule has 0 unspecified atom stereocenters. The van der Waals surface area contributed by atoms with Crippen LogP contribution in [0.2, 0.25) is 0 Å². The standard InChI is InChI=1S/C15H11F4N3O/c1-8-6-11(16)13-12(7-8)21-14(22-13)20-9-2-4-10(5-3-9)23-15(17,18)19/h2-7H,1H3,(H2,20,21,22). The van der Waals surface area contributed by atoms with Crippen molar-refractivity contribution in [1.82, 2.24) is 9.97 Å². The Morgan fingerprint density at radius 3 is 2.48 bits per heavy atom. The monoisotopic (exact) mass is 325 g/mol. The molecular formula is C15H11F4N3O. The van der Waals surface area contributed by atoms with Crippen LogP contribution in [0.15, 0.2) is 36.4 Å². The predicted molar refractivity (Wildman–Crippen MR) is 77.2 cm³/mol. The zero-order chi connectivity index (χ0) is 16.6. The van der Waals surface area contributed by atoms with E-state index in [0.29, 0.717) is 11.2 Å². The molecule has 23 heavy (non-hydrogen) atoms. The van der Waals surface area contributed by atoms with Gasteiger partial charge in [-0.05, 0) is 48.9 Å². The molecule has 0 radical (unpaired) electrons. The fourth-order valence-corrected chi connectivity index (χ4v) is 2.15. The number of imidazole rings is 1. The third kappa shape index (κ3) is 3.53. The minimum atomic E-state index is -4.73. The van der Waals surface area contributed by atoms with Crippen molar-refractivity contribution in [3.05, 3.63) is 47.8 Å². The van der Waals surface area contributed by atoms with Crippen molar-refractivity contribution in [3.8, 4) is 5.75 Å². The SMILES string of the molecule is Cc1cc(F)c2nc(Nc3ccc(OC(F)(F)F)cc3)[nH]c2c1. The fraction of sp³-hybridized carbons (Fsp3) is 0.133. The van der Waals surface area contributed by atoms with E-state index in [0.717, 1.165) is 5.56 Å². The molecule has 120 valence electrons. The number of ether oxygens (including phenoxy) is 1. The quantitative estimate of drug-likeness (QED) is 0.689. The molecular weight excluding hydrogens is 314 g/mol. The summed E-state index contributed by atoms with van der Waals surface area (Å²) in [7, 11) is 0. The van der Waals surface area contributed by atoms with E-state index in [-0.39, 0.29) is 17.2 Å². The van der Waals surface area contributed by atoms with Gasteiger partial charge in [-0.2, -0.15) is 0 Å². The van der Waals surface area contributed by atoms with Gasteiger partial charge in [0.15, 0.2) is 5.82 Å². The number of fused-ring (bicyclic) bond motifs is 1. The highest BCUT2D eigenvalue weighted by Gasteiger charge is 2.30. The number of rotatable bonds is 3. The van der Waals surface area contributed by atoms with Crippen molar-refractivity contribution >= 4 is 22.7 Å². The normalized spacial score (nSPS) is 11.7. The third-order valence-corrected chi connectivity index (χ3v) is 3.04. The Bertz CT molecular complexity index is 840. The number of alkyl halides is 3. The zero-order valence-electron chi connectivity index (χ0n) is 11.8. The van der Waals surface area contributed by atoms with Crippen LogP contribution in [0.4, 0.5) is 29.2 Å². The Morgan fingerprint density at radius 2 is 1.83 bits per heavy atom. The van der Waals surface area contributed by atoms with E-state index in [1.807, 2.05) is 0 Å². The van der Waals surface area contributed by atoms with Crippen LogP contribution in [0.5, 0.6) is 5.75 Å². The maximum absolute atomic E-state index is 13.8. The molecule has 0 amide bonds. The number of H-pyrrole nitrogens is 1. The van der Waals surface area contributed by atoms with Crippen LogP contribution in [0, 0.1) is 12.7 Å². The minimum absolute atomic E-state index is 0.190. The average molecular weight is 325 g/mol. The van der Waals surface area contributed by atoms with Crippen LogP contribution in [0.1, 0.15) is 5.56 Å². The van der Waals surface area contributed by atoms with Crippen molar-refractivity contribution < 1.29 is 22.3 Å². The predicted octanol–water partition coefficient (Wildman–Crippen LogP) is 4.65. The summed E-state index contributed by atoms with van der Waals surface area (Å²) >= 11 is 0. The van der Waals surface area contributed by atoms with E-state index in [1.165, 1.54) is 30.3 Å². The van der Waals surface area contributed by atoms with Crippen LogP contribution in [-0.2, 0) is 0 Å². The second-order valence-corrected chi connectivity index (χ2v) is 4.93. The topological polar surface area (TPSA) is 49.9 Å². The number of aromatic nitrogens is 2. The molecule has 1 aromatic heterocycles. The number of nitrogens with zero attached hydrogens (tertiary/aromatic N) is 1. The maximum Gasteiger partial charge on any atom is 0.573 e. The van der Waals surface area contributed by atoms with Crippen LogP contribution in [-0.4, -0.2) is 16.3 Å². The number of halogens is 4. The van der Waals surface area contributed by atoms with Gasteiger partial charge in [0.2, 0.25) is 5.95 Å². The molecule has 0 aliphatic rings. The van der Waals surface area contributed by atoms with Crippen molar-refractivity contribution in [1.29, 1.82) is 0 Å². The van der Waals surface area contributed by atoms with Crippen molar-refractivity contribution in [2.24, 2.45) is 0 Å². The Hall–Kier alpha value is -2.77. The Kier molecular flexibility index (Phi) is 3.59. The molecule has 2 N–H and O–H groups in total. The van der Waals surface area contributed by atoms with E-state index in [1.54, 1.807) is 13.0 Å². The van der Waals surface area contributed by atoms with Gasteiger partial charge in [-0.3, -0.25) is 0 Å². The summed E-state index contributed by atoms with van der Waals surface area (Å²) in [5.74, 6) is -0.485. The Balaban J connectivity index is 1.80. The summed E-state index contributed by atoms with van der Waals surface area (Å²) in [6.45, 7) is 1.76. The molecule has 0 spiro atoms. The molecule has 0 saturated carbocycles. The van der Waals surface area contributed by atoms with Gasteiger partial charge in [0.05, 0.1) is 5.52 Å². The number of nitrogens with one attached hydrogen (secondary N) is 2. The minimum Gasteiger partial charge on any atom is -0.406 e. The lowest BCUT2D eigenvalue weighted by atomic mass is 10.2. The summed E-state index contributed by atoms with van der Waals surface area (Å²) in [5.41, 5.74) is 1.95. The number of anilines is 2. The second kappa shape index (κ2) is 5.45. The molecule has 8 heteroatoms. The van der Waals surface area contributed by atoms with Gasteiger partial charge in [-0.25, -0.2) is 9.37 Å². The van der Waals surface area contributed by atoms with Crippen molar-refractivity contribution in [2.45, 2.75) is 13.3 Å². The van der Waals surface area contributed by atoms with Gasteiger partial charge in [-0.15, -0.1) is 13.2 Å². The van der Waals surface area contributed by atoms with E-state index in [4.69, 9.17) is 0 Å². The molecule has 0 saturated heterocycles. The van der Waals surface area contributed by atoms with E-state index >= 15 is 0 Å². The highest BCUT2D eigenvalue weighted by molar-refractivity contribution is 5.79. The van der Waals surface area contributed by atoms with Gasteiger partial charge < -0.3 is 15.0 Å². The molecule has 3 aromatic rings. The Morgan fingerprint density at radius 1 is 1.13 bits per heavy atom. The summed E-state index contributed by atoms with van der Waals surface area (Å²) in [6, 6.07) is 8.26. The number of aryl methyl sites for hydroxylation is 1. The van der Waals surface area contributed by atoms with E-state index in [9.17, 15) is 17.6 Å². The Labute approximate surface area is 128 Å². The largest absolute Gasteiger partial charge is 0.573 e. The molecule has 0 atom stereocenters. The molecule has 1 heterocycles. The molecule has 3 rings (SSSR count). The highest BCUT2D eigenvalue weighted by Crippen LogP contribution is 2.26. The maximum atomic E-state index is 13.8. The van der Waals surface area contributed by atoms with Gasteiger partial charge in [0, 0.05) is 5.69 Å². The first-order chi connectivity index (χ1) is 10.8. The van der Waals surface area contributed by atoms with Crippen LogP contribution >= 0.6 is 0 Å². The summed E-state index contributed by atoms with van der Waals surface area (Å²) in [6.07, 6.45) is -4.73. The number of hydrogen-bond donors (Lipinski definition) is 2. The van der Waals surface area contributed by atoms with Gasteiger partial charge >= 0.3 is 6.36 Å². The summed E-state index contributed by atoms with van der Waals surface area (Å²) in [4.78, 5) is 6.98. The fourth-order valence-electron chi connectivity index (χ4n) is 2.15. The molecule has 0 aliphatic heterocycles. The lowest BCUT2D eigenvalue weighted by Gasteiger charge is -2.09. The van der Waals surface area contributed by atoms with Gasteiger partial charge in [0.25, 0.3) is 0 Å². The van der Waals surface area contributed by atoms with Crippen molar-refractivity contribution in [3.63, 3.8) is 0 Å². The van der Waals surface area contributed by atoms with Crippen molar-refractivity contribution in [2.75, 3.05) is 5.32 Å². The zero-order valence-corrected chi connectivity index (χ0v) is 11.8. The molecule has 4 nitrogen and oxygen atoms in total. The van der Waals surface area contributed by atoms with Crippen LogP contribution in [0.3, 0.4) is 0 Å². The molecule has 0 aliphatic carbocycles. The highest BCUT2D eigenvalue weighted by atomic mass is 19.4. The lowest BCUT2D eigenvalue weighted by molar-refractivity contribution is -0.274. The number of aromatic amines is 1. The van der Waals surface area contributed by atoms with Crippen LogP contribution < -0.4 is 10.1 Å². The van der Waals surface area contributed by atoms with Gasteiger partial charge in [-0.1, -0.05) is 0 Å². The van der Waals surface area contributed by atoms with E-state index < -0.39 is 12.2 Å². The molecule has 2 aromatic carbocycles.